The molecule has 28 heavy (non-hydrogen) atoms. The summed E-state index contributed by atoms with van der Waals surface area (Å²) in [7, 11) is 0. The fourth-order valence-electron chi connectivity index (χ4n) is 4.33. The summed E-state index contributed by atoms with van der Waals surface area (Å²) in [5, 5.41) is 4.00. The number of ether oxygens (including phenoxy) is 1. The van der Waals surface area contributed by atoms with Gasteiger partial charge < -0.3 is 9.64 Å². The van der Waals surface area contributed by atoms with Crippen molar-refractivity contribution in [3.63, 3.8) is 0 Å². The van der Waals surface area contributed by atoms with Crippen LogP contribution in [-0.2, 0) is 17.5 Å². The molecule has 2 aliphatic rings. The van der Waals surface area contributed by atoms with Crippen molar-refractivity contribution in [3.8, 4) is 5.75 Å². The molecule has 9 heteroatoms. The lowest BCUT2D eigenvalue weighted by atomic mass is 9.99. The molecule has 2 aromatic rings. The molecule has 1 aliphatic carbocycles. The van der Waals surface area contributed by atoms with Gasteiger partial charge in [-0.3, -0.25) is 9.48 Å². The maximum Gasteiger partial charge on any atom is 0.416 e. The largest absolute Gasteiger partial charge is 0.491 e. The van der Waals surface area contributed by atoms with Crippen molar-refractivity contribution in [1.82, 2.24) is 19.7 Å². The van der Waals surface area contributed by atoms with Gasteiger partial charge in [0.05, 0.1) is 18.2 Å². The van der Waals surface area contributed by atoms with Gasteiger partial charge in [0.1, 0.15) is 25.0 Å². The number of likely N-dealkylation sites (tertiary alicyclic amines) is 1. The van der Waals surface area contributed by atoms with Crippen LogP contribution >= 0.6 is 0 Å². The summed E-state index contributed by atoms with van der Waals surface area (Å²) in [6.07, 6.45) is 1.83. The van der Waals surface area contributed by atoms with Gasteiger partial charge >= 0.3 is 6.18 Å². The third kappa shape index (κ3) is 3.83. The van der Waals surface area contributed by atoms with E-state index in [1.165, 1.54) is 18.5 Å². The Bertz CT molecular complexity index is 825. The molecule has 1 amide bonds. The molecule has 2 fully saturated rings. The van der Waals surface area contributed by atoms with Crippen LogP contribution in [0.25, 0.3) is 0 Å². The summed E-state index contributed by atoms with van der Waals surface area (Å²) < 4.78 is 45.9. The lowest BCUT2D eigenvalue weighted by molar-refractivity contribution is -0.137. The summed E-state index contributed by atoms with van der Waals surface area (Å²) >= 11 is 0. The number of nitrogens with zero attached hydrogens (tertiary/aromatic N) is 4. The zero-order valence-corrected chi connectivity index (χ0v) is 15.2. The third-order valence-corrected chi connectivity index (χ3v) is 5.63. The zero-order valence-electron chi connectivity index (χ0n) is 15.2. The molecule has 4 rings (SSSR count). The van der Waals surface area contributed by atoms with E-state index in [9.17, 15) is 18.0 Å². The average molecular weight is 394 g/mol. The number of carbonyl (C=O) groups is 1. The molecule has 2 heterocycles. The second kappa shape index (κ2) is 7.44. The van der Waals surface area contributed by atoms with E-state index >= 15 is 0 Å². The topological polar surface area (TPSA) is 60.2 Å². The number of amides is 1. The van der Waals surface area contributed by atoms with Crippen molar-refractivity contribution < 1.29 is 22.7 Å². The van der Waals surface area contributed by atoms with Gasteiger partial charge in [-0.1, -0.05) is 6.07 Å². The number of halogens is 3. The van der Waals surface area contributed by atoms with Crippen molar-refractivity contribution in [2.24, 2.45) is 5.92 Å². The van der Waals surface area contributed by atoms with Crippen LogP contribution in [0.5, 0.6) is 5.75 Å². The highest BCUT2D eigenvalue weighted by Crippen LogP contribution is 2.43. The van der Waals surface area contributed by atoms with Crippen LogP contribution in [-0.4, -0.2) is 44.3 Å². The number of rotatable bonds is 6. The molecular weight excluding hydrogens is 373 g/mol. The van der Waals surface area contributed by atoms with Crippen molar-refractivity contribution in [2.75, 3.05) is 6.61 Å². The molecule has 0 spiro atoms. The lowest BCUT2D eigenvalue weighted by Crippen LogP contribution is -2.48. The van der Waals surface area contributed by atoms with Gasteiger partial charge in [-0.2, -0.15) is 18.3 Å². The quantitative estimate of drug-likeness (QED) is 0.755. The maximum atomic E-state index is 12.9. The molecule has 0 N–H and O–H groups in total. The highest BCUT2D eigenvalue weighted by molar-refractivity contribution is 5.77. The highest BCUT2D eigenvalue weighted by atomic mass is 19.4. The number of alkyl halides is 3. The maximum absolute atomic E-state index is 12.9. The number of hydrogen-bond acceptors (Lipinski definition) is 4. The molecule has 1 aliphatic heterocycles. The molecule has 3 atom stereocenters. The minimum absolute atomic E-state index is 0.0281. The number of aromatic nitrogens is 3. The number of hydrogen-bond donors (Lipinski definition) is 0. The van der Waals surface area contributed by atoms with E-state index in [4.69, 9.17) is 4.74 Å². The first kappa shape index (κ1) is 18.8. The standard InChI is InChI=1S/C19H21F3N4O2/c20-19(21,22)14-2-1-3-16(9-14)28-10-17-13-4-5-15(8-13)26(17)18(27)6-7-25-12-23-11-24-25/h1-3,9,11-13,15,17H,4-8,10H2/t13-,15+,17+/m1/s1. The Kier molecular flexibility index (Phi) is 4.99. The van der Waals surface area contributed by atoms with E-state index in [0.717, 1.165) is 31.4 Å². The van der Waals surface area contributed by atoms with Crippen molar-refractivity contribution >= 4 is 5.91 Å². The highest BCUT2D eigenvalue weighted by Gasteiger charge is 2.48. The smallest absolute Gasteiger partial charge is 0.416 e. The van der Waals surface area contributed by atoms with E-state index in [2.05, 4.69) is 10.1 Å². The van der Waals surface area contributed by atoms with E-state index < -0.39 is 11.7 Å². The summed E-state index contributed by atoms with van der Waals surface area (Å²) in [4.78, 5) is 18.6. The Hall–Kier alpha value is -2.58. The van der Waals surface area contributed by atoms with Gasteiger partial charge in [-0.05, 0) is 43.4 Å². The van der Waals surface area contributed by atoms with Gasteiger partial charge in [-0.25, -0.2) is 4.98 Å². The fraction of sp³-hybridized carbons (Fsp3) is 0.526. The molecule has 1 aromatic heterocycles. The van der Waals surface area contributed by atoms with Crippen LogP contribution < -0.4 is 4.74 Å². The summed E-state index contributed by atoms with van der Waals surface area (Å²) in [6, 6.07) is 4.97. The molecule has 1 aromatic carbocycles. The third-order valence-electron chi connectivity index (χ3n) is 5.63. The van der Waals surface area contributed by atoms with E-state index in [1.54, 1.807) is 11.0 Å². The first-order valence-corrected chi connectivity index (χ1v) is 9.35. The molecule has 2 bridgehead atoms. The van der Waals surface area contributed by atoms with Crippen molar-refractivity contribution in [2.45, 2.75) is 50.5 Å². The van der Waals surface area contributed by atoms with Crippen LogP contribution in [0.2, 0.25) is 0 Å². The summed E-state index contributed by atoms with van der Waals surface area (Å²) in [5.41, 5.74) is -0.737. The van der Waals surface area contributed by atoms with Gasteiger partial charge in [0.2, 0.25) is 5.91 Å². The van der Waals surface area contributed by atoms with Gasteiger partial charge in [0.15, 0.2) is 0 Å². The molecule has 1 saturated heterocycles. The van der Waals surface area contributed by atoms with Crippen LogP contribution in [0.1, 0.15) is 31.2 Å². The first-order valence-electron chi connectivity index (χ1n) is 9.35. The minimum Gasteiger partial charge on any atom is -0.491 e. The Morgan fingerprint density at radius 1 is 1.29 bits per heavy atom. The molecule has 1 saturated carbocycles. The lowest BCUT2D eigenvalue weighted by Gasteiger charge is -2.35. The van der Waals surface area contributed by atoms with Crippen LogP contribution in [0, 0.1) is 5.92 Å². The number of benzene rings is 1. The SMILES string of the molecule is O=C(CCn1cncn1)N1[C@H]2CC[C@H](C2)[C@@H]1COc1cccc(C(F)(F)F)c1. The Morgan fingerprint density at radius 3 is 2.89 bits per heavy atom. The minimum atomic E-state index is -4.41. The summed E-state index contributed by atoms with van der Waals surface area (Å²) in [6.45, 7) is 0.658. The van der Waals surface area contributed by atoms with Gasteiger partial charge in [-0.15, -0.1) is 0 Å². The first-order chi connectivity index (χ1) is 13.4. The van der Waals surface area contributed by atoms with Crippen molar-refractivity contribution in [3.05, 3.63) is 42.5 Å². The number of carbonyl (C=O) groups excluding carboxylic acids is 1. The van der Waals surface area contributed by atoms with Crippen molar-refractivity contribution in [1.29, 1.82) is 0 Å². The monoisotopic (exact) mass is 394 g/mol. The second-order valence-corrected chi connectivity index (χ2v) is 7.34. The van der Waals surface area contributed by atoms with E-state index in [0.29, 0.717) is 18.9 Å². The number of fused-ring (bicyclic) bond motifs is 2. The Morgan fingerprint density at radius 2 is 2.14 bits per heavy atom. The Balaban J connectivity index is 1.40. The normalized spacial score (nSPS) is 24.0. The fourth-order valence-corrected chi connectivity index (χ4v) is 4.33. The van der Waals surface area contributed by atoms with E-state index in [1.807, 2.05) is 4.90 Å². The Labute approximate surface area is 160 Å². The van der Waals surface area contributed by atoms with Crippen LogP contribution in [0.3, 0.4) is 0 Å². The summed E-state index contributed by atoms with van der Waals surface area (Å²) in [5.74, 6) is 0.541. The van der Waals surface area contributed by atoms with Crippen LogP contribution in [0.4, 0.5) is 13.2 Å². The molecule has 6 nitrogen and oxygen atoms in total. The number of aryl methyl sites for hydroxylation is 1. The second-order valence-electron chi connectivity index (χ2n) is 7.34. The zero-order chi connectivity index (χ0) is 19.7. The van der Waals surface area contributed by atoms with Crippen LogP contribution in [0.15, 0.2) is 36.9 Å². The van der Waals surface area contributed by atoms with Gasteiger partial charge in [0.25, 0.3) is 0 Å². The predicted molar refractivity (Wildman–Crippen MR) is 93.3 cm³/mol. The molecule has 0 radical (unpaired) electrons. The molecule has 0 unspecified atom stereocenters. The number of piperidine rings is 1. The van der Waals surface area contributed by atoms with E-state index in [-0.39, 0.29) is 30.3 Å². The predicted octanol–water partition coefficient (Wildman–Crippen LogP) is 3.15. The average Bonchev–Trinajstić information content (AvgIpc) is 3.41. The molecular formula is C19H21F3N4O2. The molecule has 150 valence electrons. The van der Waals surface area contributed by atoms with Gasteiger partial charge in [0, 0.05) is 12.5 Å².